The summed E-state index contributed by atoms with van der Waals surface area (Å²) >= 11 is 0. The van der Waals surface area contributed by atoms with Crippen LogP contribution in [0.1, 0.15) is 11.1 Å². The summed E-state index contributed by atoms with van der Waals surface area (Å²) in [4.78, 5) is 0. The van der Waals surface area contributed by atoms with Crippen molar-refractivity contribution < 1.29 is 23.6 Å². The van der Waals surface area contributed by atoms with Gasteiger partial charge in [0.05, 0.1) is 7.11 Å². The fraction of sp³-hybridized carbons (Fsp3) is 0.143. The minimum absolute atomic E-state index is 0. The van der Waals surface area contributed by atoms with Gasteiger partial charge in [0, 0.05) is 5.75 Å². The van der Waals surface area contributed by atoms with Gasteiger partial charge < -0.3 is 4.74 Å². The Morgan fingerprint density at radius 1 is 1.06 bits per heavy atom. The molecule has 76 valence electrons. The van der Waals surface area contributed by atoms with Crippen molar-refractivity contribution in [3.8, 4) is 5.75 Å². The maximum Gasteiger partial charge on any atom is 1.00 e. The molecule has 0 unspecified atom stereocenters. The van der Waals surface area contributed by atoms with Gasteiger partial charge in [0.1, 0.15) is 0 Å². The van der Waals surface area contributed by atoms with Crippen LogP contribution in [-0.4, -0.2) is 7.11 Å². The van der Waals surface area contributed by atoms with Gasteiger partial charge >= 0.3 is 18.9 Å². The van der Waals surface area contributed by atoms with Crippen LogP contribution in [-0.2, 0) is 6.42 Å². The fourth-order valence-electron chi connectivity index (χ4n) is 1.60. The molecule has 2 aromatic carbocycles. The van der Waals surface area contributed by atoms with Crippen LogP contribution in [0.5, 0.6) is 5.75 Å². The Labute approximate surface area is 109 Å². The first-order chi connectivity index (χ1) is 7.40. The minimum atomic E-state index is 0. The molecule has 2 aromatic rings. The Morgan fingerprint density at radius 3 is 2.50 bits per heavy atom. The van der Waals surface area contributed by atoms with Crippen molar-refractivity contribution in [2.45, 2.75) is 6.42 Å². The Morgan fingerprint density at radius 2 is 1.81 bits per heavy atom. The molecule has 0 saturated carbocycles. The van der Waals surface area contributed by atoms with Crippen molar-refractivity contribution in [3.63, 3.8) is 0 Å². The van der Waals surface area contributed by atoms with Crippen LogP contribution in [0.3, 0.4) is 0 Å². The second-order valence-corrected chi connectivity index (χ2v) is 3.39. The molecule has 0 saturated heterocycles. The van der Waals surface area contributed by atoms with Gasteiger partial charge in [0.2, 0.25) is 0 Å². The molecule has 0 aromatic heterocycles. The molecule has 1 nitrogen and oxygen atoms in total. The molecule has 0 aliphatic rings. The van der Waals surface area contributed by atoms with Gasteiger partial charge in [-0.25, -0.2) is 0 Å². The van der Waals surface area contributed by atoms with E-state index in [0.717, 1.165) is 12.2 Å². The predicted molar refractivity (Wildman–Crippen MR) is 61.1 cm³/mol. The summed E-state index contributed by atoms with van der Waals surface area (Å²) in [7, 11) is 1.68. The van der Waals surface area contributed by atoms with Gasteiger partial charge in [0.25, 0.3) is 0 Å². The minimum Gasteiger partial charge on any atom is -0.522 e. The van der Waals surface area contributed by atoms with Crippen molar-refractivity contribution >= 4 is 0 Å². The zero-order valence-corrected chi connectivity index (χ0v) is 9.73. The summed E-state index contributed by atoms with van der Waals surface area (Å²) in [6.45, 7) is 0. The number of hydrogen-bond donors (Lipinski definition) is 0. The van der Waals surface area contributed by atoms with E-state index in [-0.39, 0.29) is 18.9 Å². The summed E-state index contributed by atoms with van der Waals surface area (Å²) in [6, 6.07) is 19.4. The van der Waals surface area contributed by atoms with E-state index in [1.807, 2.05) is 18.2 Å². The Bertz CT molecular complexity index is 426. The fourth-order valence-corrected chi connectivity index (χ4v) is 1.60. The number of para-hydroxylation sites is 1. The number of hydrogen-bond acceptors (Lipinski definition) is 1. The molecule has 0 heterocycles. The maximum absolute atomic E-state index is 5.26. The van der Waals surface area contributed by atoms with E-state index < -0.39 is 0 Å². The van der Waals surface area contributed by atoms with E-state index in [0.29, 0.717) is 0 Å². The van der Waals surface area contributed by atoms with Gasteiger partial charge in [-0.05, 0) is 6.42 Å². The molecule has 0 spiro atoms. The zero-order chi connectivity index (χ0) is 10.5. The summed E-state index contributed by atoms with van der Waals surface area (Å²) < 4.78 is 5.26. The van der Waals surface area contributed by atoms with Gasteiger partial charge in [-0.2, -0.15) is 18.2 Å². The molecule has 0 aliphatic heterocycles. The third kappa shape index (κ3) is 3.17. The molecular formula is C14H13LiO. The van der Waals surface area contributed by atoms with Crippen molar-refractivity contribution in [3.05, 3.63) is 65.7 Å². The first kappa shape index (κ1) is 12.9. The van der Waals surface area contributed by atoms with Gasteiger partial charge in [-0.15, -0.1) is 11.6 Å². The normalized spacial score (nSPS) is 9.31. The third-order valence-electron chi connectivity index (χ3n) is 2.34. The zero-order valence-electron chi connectivity index (χ0n) is 9.73. The predicted octanol–water partition coefficient (Wildman–Crippen LogP) is 0.0902. The summed E-state index contributed by atoms with van der Waals surface area (Å²) in [5.41, 5.74) is 2.46. The van der Waals surface area contributed by atoms with E-state index >= 15 is 0 Å². The Hall–Kier alpha value is -1.16. The van der Waals surface area contributed by atoms with Crippen LogP contribution in [0.25, 0.3) is 0 Å². The second kappa shape index (κ2) is 6.43. The number of methoxy groups -OCH3 is 1. The average Bonchev–Trinajstić information content (AvgIpc) is 2.31. The van der Waals surface area contributed by atoms with Crippen LogP contribution >= 0.6 is 0 Å². The molecule has 0 atom stereocenters. The summed E-state index contributed by atoms with van der Waals surface area (Å²) in [5, 5.41) is 0. The van der Waals surface area contributed by atoms with Crippen LogP contribution in [0.4, 0.5) is 0 Å². The van der Waals surface area contributed by atoms with E-state index in [9.17, 15) is 0 Å². The van der Waals surface area contributed by atoms with E-state index in [2.05, 4.69) is 36.4 Å². The number of rotatable bonds is 3. The topological polar surface area (TPSA) is 9.23 Å². The molecule has 2 heteroatoms. The smallest absolute Gasteiger partial charge is 0.522 e. The molecule has 0 bridgehead atoms. The molecular weight excluding hydrogens is 191 g/mol. The third-order valence-corrected chi connectivity index (χ3v) is 2.34. The van der Waals surface area contributed by atoms with Crippen LogP contribution in [0.15, 0.2) is 48.5 Å². The number of benzene rings is 2. The van der Waals surface area contributed by atoms with Crippen LogP contribution < -0.4 is 23.6 Å². The van der Waals surface area contributed by atoms with Crippen LogP contribution in [0.2, 0.25) is 0 Å². The van der Waals surface area contributed by atoms with Crippen molar-refractivity contribution in [2.24, 2.45) is 0 Å². The first-order valence-electron chi connectivity index (χ1n) is 4.97. The van der Waals surface area contributed by atoms with Gasteiger partial charge in [-0.3, -0.25) is 0 Å². The maximum atomic E-state index is 5.26. The standard InChI is InChI=1S/C14H13O.Li/c1-15-14-10-6-5-9-13(14)11-12-7-3-2-4-8-12;/h2-9H,11H2,1H3;/q-1;+1. The molecule has 0 amide bonds. The Kier molecular flexibility index (Phi) is 5.18. The van der Waals surface area contributed by atoms with E-state index in [1.54, 1.807) is 7.11 Å². The Balaban J connectivity index is 0.00000128. The van der Waals surface area contributed by atoms with Gasteiger partial charge in [0.15, 0.2) is 0 Å². The first-order valence-corrected chi connectivity index (χ1v) is 4.97. The number of ether oxygens (including phenoxy) is 1. The summed E-state index contributed by atoms with van der Waals surface area (Å²) in [5.74, 6) is 0.835. The monoisotopic (exact) mass is 204 g/mol. The molecule has 16 heavy (non-hydrogen) atoms. The van der Waals surface area contributed by atoms with Gasteiger partial charge in [-0.1, -0.05) is 35.9 Å². The molecule has 2 rings (SSSR count). The van der Waals surface area contributed by atoms with Crippen LogP contribution in [0, 0.1) is 6.07 Å². The van der Waals surface area contributed by atoms with Crippen molar-refractivity contribution in [2.75, 3.05) is 7.11 Å². The average molecular weight is 204 g/mol. The SMILES string of the molecule is COc1[c-]cccc1Cc1ccccc1.[Li+]. The van der Waals surface area contributed by atoms with E-state index in [1.165, 1.54) is 11.1 Å². The molecule has 0 aliphatic carbocycles. The largest absolute Gasteiger partial charge is 1.00 e. The quantitative estimate of drug-likeness (QED) is 0.508. The summed E-state index contributed by atoms with van der Waals surface area (Å²) in [6.07, 6.45) is 0.890. The molecule has 0 N–H and O–H groups in total. The van der Waals surface area contributed by atoms with Crippen molar-refractivity contribution in [1.82, 2.24) is 0 Å². The molecule has 0 radical (unpaired) electrons. The van der Waals surface area contributed by atoms with Crippen molar-refractivity contribution in [1.29, 1.82) is 0 Å². The molecule has 0 fully saturated rings. The van der Waals surface area contributed by atoms with E-state index in [4.69, 9.17) is 4.74 Å². The second-order valence-electron chi connectivity index (χ2n) is 3.39.